The summed E-state index contributed by atoms with van der Waals surface area (Å²) in [5.74, 6) is -1.19. The van der Waals surface area contributed by atoms with E-state index in [4.69, 9.17) is 16.2 Å². The fraction of sp³-hybridized carbons (Fsp3) is 0.381. The molecule has 0 heterocycles. The zero-order valence-corrected chi connectivity index (χ0v) is 21.6. The summed E-state index contributed by atoms with van der Waals surface area (Å²) < 4.78 is 5.05. The van der Waals surface area contributed by atoms with E-state index in [2.05, 4.69) is 11.8 Å². The van der Waals surface area contributed by atoms with Crippen molar-refractivity contribution in [2.24, 2.45) is 0 Å². The van der Waals surface area contributed by atoms with Crippen molar-refractivity contribution >= 4 is 34.4 Å². The molecule has 0 atom stereocenters. The van der Waals surface area contributed by atoms with Crippen molar-refractivity contribution < 1.29 is 54.0 Å². The van der Waals surface area contributed by atoms with Gasteiger partial charge >= 0.3 is 29.6 Å². The van der Waals surface area contributed by atoms with E-state index in [-0.39, 0.29) is 47.5 Å². The van der Waals surface area contributed by atoms with Crippen LogP contribution in [0.1, 0.15) is 25.3 Å². The molecule has 0 unspecified atom stereocenters. The summed E-state index contributed by atoms with van der Waals surface area (Å²) in [7, 11) is 0. The second-order valence-electron chi connectivity index (χ2n) is 7.06. The number of nitrogens with zero attached hydrogens (tertiary/aromatic N) is 3. The molecule has 4 N–H and O–H groups in total. The Morgan fingerprint density at radius 2 is 1.68 bits per heavy atom. The summed E-state index contributed by atoms with van der Waals surface area (Å²) in [4.78, 5) is 31.5. The molecule has 0 spiro atoms. The van der Waals surface area contributed by atoms with Gasteiger partial charge in [-0.2, -0.15) is 0 Å². The van der Waals surface area contributed by atoms with E-state index in [1.807, 2.05) is 25.1 Å². The molecule has 2 aromatic rings. The topological polar surface area (TPSA) is 191 Å². The monoisotopic (exact) mass is 485 g/mol. The van der Waals surface area contributed by atoms with Gasteiger partial charge in [0, 0.05) is 30.5 Å². The maximum absolute atomic E-state index is 10.3. The molecule has 180 valence electrons. The van der Waals surface area contributed by atoms with Gasteiger partial charge in [0.25, 0.3) is 11.4 Å². The average Bonchev–Trinajstić information content (AvgIpc) is 2.75. The Balaban J connectivity index is 0.000000676. The molecule has 0 saturated carbocycles. The number of nitrogens with two attached hydrogens (primary N) is 2. The van der Waals surface area contributed by atoms with Gasteiger partial charge in [-0.05, 0) is 43.2 Å². The SMILES string of the molecule is CCCCN(CCOCC(=O)[O-])c1ccc(N)c(C)c1.Nc1ccc([N+](=O)[O-])cc1[N+](=O)[O-].[Na+]. The second-order valence-corrected chi connectivity index (χ2v) is 7.06. The largest absolute Gasteiger partial charge is 1.00 e. The number of nitro benzene ring substituents is 2. The van der Waals surface area contributed by atoms with Crippen LogP contribution in [0.4, 0.5) is 28.4 Å². The van der Waals surface area contributed by atoms with Gasteiger partial charge in [-0.1, -0.05) is 13.3 Å². The first-order valence-electron chi connectivity index (χ1n) is 10.1. The number of nitrogen functional groups attached to an aromatic ring is 2. The number of carbonyl (C=O) groups excluding carboxylic acids is 1. The fourth-order valence-corrected chi connectivity index (χ4v) is 2.71. The molecule has 12 nitrogen and oxygen atoms in total. The first-order chi connectivity index (χ1) is 15.6. The number of non-ortho nitro benzene ring substituents is 1. The molecule has 0 aliphatic carbocycles. The molecule has 0 aliphatic heterocycles. The first-order valence-corrected chi connectivity index (χ1v) is 10.1. The molecule has 0 saturated heterocycles. The van der Waals surface area contributed by atoms with Gasteiger partial charge in [0.15, 0.2) is 0 Å². The third-order valence-corrected chi connectivity index (χ3v) is 4.55. The maximum Gasteiger partial charge on any atom is 1.00 e. The Labute approximate surface area is 219 Å². The number of hydrogen-bond acceptors (Lipinski definition) is 10. The number of hydrogen-bond donors (Lipinski definition) is 2. The van der Waals surface area contributed by atoms with Gasteiger partial charge in [0.1, 0.15) is 5.69 Å². The molecule has 34 heavy (non-hydrogen) atoms. The Bertz CT molecular complexity index is 975. The van der Waals surface area contributed by atoms with Gasteiger partial charge in [-0.3, -0.25) is 20.2 Å². The molecule has 0 bridgehead atoms. The van der Waals surface area contributed by atoms with E-state index in [9.17, 15) is 30.1 Å². The van der Waals surface area contributed by atoms with Crippen LogP contribution in [-0.4, -0.2) is 42.1 Å². The van der Waals surface area contributed by atoms with Crippen molar-refractivity contribution in [1.29, 1.82) is 0 Å². The number of benzene rings is 2. The predicted molar refractivity (Wildman–Crippen MR) is 123 cm³/mol. The summed E-state index contributed by atoms with van der Waals surface area (Å²) in [5.41, 5.74) is 13.1. The molecule has 2 rings (SSSR count). The summed E-state index contributed by atoms with van der Waals surface area (Å²) in [6, 6.07) is 9.00. The van der Waals surface area contributed by atoms with Crippen LogP contribution >= 0.6 is 0 Å². The van der Waals surface area contributed by atoms with Gasteiger partial charge in [-0.15, -0.1) is 0 Å². The minimum atomic E-state index is -1.19. The van der Waals surface area contributed by atoms with E-state index >= 15 is 0 Å². The molecule has 0 aromatic heterocycles. The number of aliphatic carboxylic acids is 1. The van der Waals surface area contributed by atoms with Crippen LogP contribution in [0.2, 0.25) is 0 Å². The van der Waals surface area contributed by atoms with E-state index in [0.29, 0.717) is 13.2 Å². The Hall–Kier alpha value is -2.93. The van der Waals surface area contributed by atoms with E-state index < -0.39 is 21.5 Å². The van der Waals surface area contributed by atoms with Crippen LogP contribution in [-0.2, 0) is 9.53 Å². The van der Waals surface area contributed by atoms with Crippen molar-refractivity contribution in [3.05, 3.63) is 62.2 Å². The van der Waals surface area contributed by atoms with Crippen molar-refractivity contribution in [3.63, 3.8) is 0 Å². The number of nitro groups is 2. The molecule has 2 aromatic carbocycles. The molecule has 0 fully saturated rings. The van der Waals surface area contributed by atoms with Crippen molar-refractivity contribution in [2.45, 2.75) is 26.7 Å². The van der Waals surface area contributed by atoms with Crippen molar-refractivity contribution in [1.82, 2.24) is 0 Å². The number of rotatable bonds is 11. The zero-order valence-electron chi connectivity index (χ0n) is 19.6. The smallest absolute Gasteiger partial charge is 0.548 e. The third kappa shape index (κ3) is 10.8. The van der Waals surface area contributed by atoms with Gasteiger partial charge in [0.2, 0.25) is 0 Å². The van der Waals surface area contributed by atoms with Crippen molar-refractivity contribution in [3.8, 4) is 0 Å². The Morgan fingerprint density at radius 1 is 1.03 bits per heavy atom. The third-order valence-electron chi connectivity index (χ3n) is 4.55. The standard InChI is InChI=1S/C15H24N2O3.C6H5N3O4.Na/c1-3-4-7-17(8-9-20-11-15(18)19)13-5-6-14(16)12(2)10-13;7-5-2-1-4(8(10)11)3-6(5)9(12)13;/h5-6,10H,3-4,7-9,11,16H2,1-2H3,(H,18,19);1-3H,7H2;/q;;+1/p-1. The molecule has 0 aliphatic rings. The molecule has 0 radical (unpaired) electrons. The van der Waals surface area contributed by atoms with Crippen LogP contribution < -0.4 is 51.0 Å². The quantitative estimate of drug-likeness (QED) is 0.132. The van der Waals surface area contributed by atoms with E-state index in [0.717, 1.165) is 54.5 Å². The molecule has 13 heteroatoms. The number of carbonyl (C=O) groups is 1. The van der Waals surface area contributed by atoms with E-state index in [1.54, 1.807) is 0 Å². The molecular formula is C21H28N5NaO7. The van der Waals surface area contributed by atoms with Crippen LogP contribution in [0.5, 0.6) is 0 Å². The van der Waals surface area contributed by atoms with Gasteiger partial charge in [-0.25, -0.2) is 0 Å². The first kappa shape index (κ1) is 31.1. The zero-order chi connectivity index (χ0) is 25.0. The summed E-state index contributed by atoms with van der Waals surface area (Å²) >= 11 is 0. The van der Waals surface area contributed by atoms with Crippen LogP contribution in [0.25, 0.3) is 0 Å². The fourth-order valence-electron chi connectivity index (χ4n) is 2.71. The number of aryl methyl sites for hydroxylation is 1. The summed E-state index contributed by atoms with van der Waals surface area (Å²) in [6.07, 6.45) is 2.17. The molecular weight excluding hydrogens is 457 g/mol. The average molecular weight is 485 g/mol. The number of carboxylic acid groups (broad SMARTS) is 1. The van der Waals surface area contributed by atoms with Crippen LogP contribution in [0.15, 0.2) is 36.4 Å². The van der Waals surface area contributed by atoms with E-state index in [1.165, 1.54) is 0 Å². The summed E-state index contributed by atoms with van der Waals surface area (Å²) in [6.45, 7) is 5.68. The van der Waals surface area contributed by atoms with Gasteiger partial charge in [0.05, 0.1) is 35.1 Å². The predicted octanol–water partition coefficient (Wildman–Crippen LogP) is -0.961. The normalized spacial score (nSPS) is 9.82. The van der Waals surface area contributed by atoms with Crippen LogP contribution in [0.3, 0.4) is 0 Å². The maximum atomic E-state index is 10.3. The van der Waals surface area contributed by atoms with Gasteiger partial charge < -0.3 is 31.0 Å². The molecule has 0 amide bonds. The number of anilines is 3. The minimum absolute atomic E-state index is 0. The second kappa shape index (κ2) is 15.8. The number of ether oxygens (including phenoxy) is 1. The number of unbranched alkanes of at least 4 members (excludes halogenated alkanes) is 1. The minimum Gasteiger partial charge on any atom is -0.548 e. The Kier molecular flexibility index (Phi) is 14.5. The van der Waals surface area contributed by atoms with Crippen molar-refractivity contribution in [2.75, 3.05) is 42.7 Å². The Morgan fingerprint density at radius 3 is 2.21 bits per heavy atom. The summed E-state index contributed by atoms with van der Waals surface area (Å²) in [5, 5.41) is 30.8. The number of carboxylic acids is 1. The van der Waals surface area contributed by atoms with Crippen LogP contribution in [0, 0.1) is 27.2 Å².